The quantitative estimate of drug-likeness (QED) is 0.572. The molecular formula is C23H27ClFN3O5S. The predicted molar refractivity (Wildman–Crippen MR) is 127 cm³/mol. The van der Waals surface area contributed by atoms with E-state index in [4.69, 9.17) is 16.3 Å². The average Bonchev–Trinajstić information content (AvgIpc) is 2.69. The van der Waals surface area contributed by atoms with Crippen LogP contribution in [-0.2, 0) is 14.8 Å². The highest BCUT2D eigenvalue weighted by molar-refractivity contribution is 7.89. The van der Waals surface area contributed by atoms with E-state index in [1.807, 2.05) is 35.4 Å². The van der Waals surface area contributed by atoms with Gasteiger partial charge in [-0.25, -0.2) is 17.6 Å². The number of hydrogen-bond acceptors (Lipinski definition) is 5. The predicted octanol–water partition coefficient (Wildman–Crippen LogP) is 3.89. The van der Waals surface area contributed by atoms with E-state index in [0.29, 0.717) is 5.56 Å². The first-order valence-electron chi connectivity index (χ1n) is 10.6. The van der Waals surface area contributed by atoms with Crippen LogP contribution in [0.1, 0.15) is 36.7 Å². The molecule has 184 valence electrons. The van der Waals surface area contributed by atoms with Crippen molar-refractivity contribution in [3.05, 3.63) is 58.4 Å². The first-order chi connectivity index (χ1) is 15.7. The number of amides is 2. The molecule has 2 aromatic carbocycles. The van der Waals surface area contributed by atoms with Crippen LogP contribution in [0.4, 0.5) is 9.18 Å². The Labute approximate surface area is 203 Å². The van der Waals surface area contributed by atoms with Crippen molar-refractivity contribution >= 4 is 33.6 Å². The fourth-order valence-corrected chi connectivity index (χ4v) is 4.82. The minimum atomic E-state index is -3.94. The van der Waals surface area contributed by atoms with Crippen molar-refractivity contribution in [1.82, 2.24) is 15.2 Å². The summed E-state index contributed by atoms with van der Waals surface area (Å²) in [7, 11) is -3.94. The van der Waals surface area contributed by atoms with Gasteiger partial charge < -0.3 is 9.64 Å². The van der Waals surface area contributed by atoms with Crippen LogP contribution in [0.15, 0.2) is 36.4 Å². The molecule has 1 heterocycles. The number of benzene rings is 2. The average molecular weight is 512 g/mol. The molecule has 11 heteroatoms. The van der Waals surface area contributed by atoms with Gasteiger partial charge in [-0.1, -0.05) is 41.4 Å². The van der Waals surface area contributed by atoms with Gasteiger partial charge in [-0.15, -0.1) is 4.83 Å². The number of carbonyl (C=O) groups is 2. The Bertz CT molecular complexity index is 1210. The molecule has 0 unspecified atom stereocenters. The lowest BCUT2D eigenvalue weighted by molar-refractivity contribution is 0.00188. The highest BCUT2D eigenvalue weighted by atomic mass is 35.5. The van der Waals surface area contributed by atoms with Gasteiger partial charge in [-0.05, 0) is 51.0 Å². The first kappa shape index (κ1) is 25.9. The third kappa shape index (κ3) is 6.68. The Kier molecular flexibility index (Phi) is 7.54. The minimum absolute atomic E-state index is 0.215. The van der Waals surface area contributed by atoms with E-state index in [-0.39, 0.29) is 29.8 Å². The maximum absolute atomic E-state index is 14.5. The maximum atomic E-state index is 14.5. The summed E-state index contributed by atoms with van der Waals surface area (Å²) >= 11 is 5.98. The molecule has 2 N–H and O–H groups in total. The largest absolute Gasteiger partial charge is 0.444 e. The first-order valence-corrected chi connectivity index (χ1v) is 12.6. The van der Waals surface area contributed by atoms with Crippen molar-refractivity contribution in [2.45, 2.75) is 33.3 Å². The van der Waals surface area contributed by atoms with E-state index in [1.165, 1.54) is 17.0 Å². The van der Waals surface area contributed by atoms with E-state index >= 15 is 0 Å². The monoisotopic (exact) mass is 511 g/mol. The summed E-state index contributed by atoms with van der Waals surface area (Å²) in [5, 5.41) is -0.260. The number of carbonyl (C=O) groups excluding carboxylic acids is 2. The molecule has 1 fully saturated rings. The van der Waals surface area contributed by atoms with Crippen molar-refractivity contribution < 1.29 is 27.1 Å². The van der Waals surface area contributed by atoms with Gasteiger partial charge in [0.1, 0.15) is 5.60 Å². The van der Waals surface area contributed by atoms with E-state index in [9.17, 15) is 22.4 Å². The van der Waals surface area contributed by atoms with Gasteiger partial charge in [0, 0.05) is 19.0 Å². The fourth-order valence-electron chi connectivity index (χ4n) is 3.44. The summed E-state index contributed by atoms with van der Waals surface area (Å²) in [5.74, 6) is -2.58. The SMILES string of the molecule is Cc1cccc(-c2cc(Cl)c(F)c(C(=O)NNS(=O)(=O)CC3CN(C(=O)OC(C)(C)C)C3)c2)c1. The van der Waals surface area contributed by atoms with Crippen LogP contribution in [0.2, 0.25) is 5.02 Å². The van der Waals surface area contributed by atoms with Crippen molar-refractivity contribution in [2.75, 3.05) is 18.8 Å². The number of rotatable bonds is 6. The molecular weight excluding hydrogens is 485 g/mol. The van der Waals surface area contributed by atoms with E-state index in [0.717, 1.165) is 11.1 Å². The summed E-state index contributed by atoms with van der Waals surface area (Å²) < 4.78 is 44.5. The van der Waals surface area contributed by atoms with Crippen LogP contribution in [-0.4, -0.2) is 49.8 Å². The second kappa shape index (κ2) is 9.89. The Morgan fingerprint density at radius 1 is 1.18 bits per heavy atom. The van der Waals surface area contributed by atoms with Gasteiger partial charge >= 0.3 is 6.09 Å². The van der Waals surface area contributed by atoms with Gasteiger partial charge in [0.05, 0.1) is 16.3 Å². The summed E-state index contributed by atoms with van der Waals surface area (Å²) in [6.45, 7) is 7.55. The number of sulfonamides is 1. The van der Waals surface area contributed by atoms with Crippen LogP contribution in [0, 0.1) is 18.7 Å². The molecule has 0 atom stereocenters. The zero-order valence-corrected chi connectivity index (χ0v) is 20.9. The molecule has 34 heavy (non-hydrogen) atoms. The van der Waals surface area contributed by atoms with Gasteiger partial charge in [-0.3, -0.25) is 10.2 Å². The number of halogens is 2. The van der Waals surface area contributed by atoms with Gasteiger partial charge in [0.2, 0.25) is 10.0 Å². The molecule has 8 nitrogen and oxygen atoms in total. The second-order valence-corrected chi connectivity index (χ2v) is 11.5. The number of nitrogens with one attached hydrogen (secondary N) is 2. The molecule has 1 saturated heterocycles. The molecule has 2 amide bonds. The zero-order valence-electron chi connectivity index (χ0n) is 19.3. The molecule has 1 aliphatic rings. The van der Waals surface area contributed by atoms with Crippen molar-refractivity contribution in [3.63, 3.8) is 0 Å². The summed E-state index contributed by atoms with van der Waals surface area (Å²) in [5.41, 5.74) is 3.21. The zero-order chi connectivity index (χ0) is 25.3. The standard InChI is InChI=1S/C23H27ClFN3O5S/c1-14-6-5-7-16(8-14)17-9-18(20(25)19(24)10-17)21(29)26-27-34(31,32)13-15-11-28(12-15)22(30)33-23(2,3)4/h5-10,15,27H,11-13H2,1-4H3,(H,26,29). The summed E-state index contributed by atoms with van der Waals surface area (Å²) in [6.07, 6.45) is -0.511. The molecule has 0 bridgehead atoms. The molecule has 1 aliphatic heterocycles. The Morgan fingerprint density at radius 3 is 2.47 bits per heavy atom. The lowest BCUT2D eigenvalue weighted by Gasteiger charge is -2.39. The van der Waals surface area contributed by atoms with Crippen LogP contribution in [0.3, 0.4) is 0 Å². The number of aryl methyl sites for hydroxylation is 1. The molecule has 0 radical (unpaired) electrons. The van der Waals surface area contributed by atoms with Gasteiger partial charge in [0.25, 0.3) is 5.91 Å². The molecule has 0 saturated carbocycles. The minimum Gasteiger partial charge on any atom is -0.444 e. The fraction of sp³-hybridized carbons (Fsp3) is 0.391. The Hall–Kier alpha value is -2.69. The third-order valence-corrected chi connectivity index (χ3v) is 6.61. The number of likely N-dealkylation sites (tertiary alicyclic amines) is 1. The van der Waals surface area contributed by atoms with Crippen LogP contribution in [0.5, 0.6) is 0 Å². The topological polar surface area (TPSA) is 105 Å². The van der Waals surface area contributed by atoms with E-state index < -0.39 is 39.0 Å². The number of nitrogens with zero attached hydrogens (tertiary/aromatic N) is 1. The number of hydrazine groups is 1. The van der Waals surface area contributed by atoms with E-state index in [1.54, 1.807) is 26.8 Å². The normalized spacial score (nSPS) is 14.5. The highest BCUT2D eigenvalue weighted by Gasteiger charge is 2.36. The molecule has 0 aromatic heterocycles. The van der Waals surface area contributed by atoms with E-state index in [2.05, 4.69) is 0 Å². The highest BCUT2D eigenvalue weighted by Crippen LogP contribution is 2.28. The molecule has 0 spiro atoms. The Morgan fingerprint density at radius 2 is 1.85 bits per heavy atom. The third-order valence-electron chi connectivity index (χ3n) is 5.01. The molecule has 2 aromatic rings. The lowest BCUT2D eigenvalue weighted by Crippen LogP contribution is -2.55. The van der Waals surface area contributed by atoms with Crippen molar-refractivity contribution in [1.29, 1.82) is 0 Å². The van der Waals surface area contributed by atoms with Crippen LogP contribution < -0.4 is 10.3 Å². The van der Waals surface area contributed by atoms with Crippen LogP contribution in [0.25, 0.3) is 11.1 Å². The summed E-state index contributed by atoms with van der Waals surface area (Å²) in [6, 6.07) is 10.1. The number of ether oxygens (including phenoxy) is 1. The van der Waals surface area contributed by atoms with Crippen molar-refractivity contribution in [2.24, 2.45) is 5.92 Å². The maximum Gasteiger partial charge on any atom is 0.410 e. The number of hydrogen-bond donors (Lipinski definition) is 2. The molecule has 0 aliphatic carbocycles. The van der Waals surface area contributed by atoms with Gasteiger partial charge in [0.15, 0.2) is 5.82 Å². The summed E-state index contributed by atoms with van der Waals surface area (Å²) in [4.78, 5) is 27.9. The second-order valence-electron chi connectivity index (χ2n) is 9.28. The smallest absolute Gasteiger partial charge is 0.410 e. The van der Waals surface area contributed by atoms with Gasteiger partial charge in [-0.2, -0.15) is 0 Å². The lowest BCUT2D eigenvalue weighted by atomic mass is 10.0. The Balaban J connectivity index is 1.60. The van der Waals surface area contributed by atoms with Crippen LogP contribution >= 0.6 is 11.6 Å². The molecule has 3 rings (SSSR count). The van der Waals surface area contributed by atoms with Crippen molar-refractivity contribution in [3.8, 4) is 11.1 Å².